The highest BCUT2D eigenvalue weighted by Crippen LogP contribution is 2.57. The quantitative estimate of drug-likeness (QED) is 0.824. The molecule has 2 saturated carbocycles. The van der Waals surface area contributed by atoms with E-state index in [1.807, 2.05) is 0 Å². The predicted octanol–water partition coefficient (Wildman–Crippen LogP) is 2.30. The molecule has 3 fully saturated rings. The molecule has 3 rings (SSSR count). The van der Waals surface area contributed by atoms with Crippen LogP contribution >= 0.6 is 0 Å². The van der Waals surface area contributed by atoms with E-state index in [0.29, 0.717) is 23.5 Å². The van der Waals surface area contributed by atoms with E-state index >= 15 is 0 Å². The lowest BCUT2D eigenvalue weighted by molar-refractivity contribution is -0.154. The van der Waals surface area contributed by atoms with Gasteiger partial charge in [-0.1, -0.05) is 27.7 Å². The molecule has 0 aromatic rings. The highest BCUT2D eigenvalue weighted by Gasteiger charge is 2.67. The van der Waals surface area contributed by atoms with Gasteiger partial charge in [0, 0.05) is 36.1 Å². The number of nitrogens with one attached hydrogen (secondary N) is 1. The van der Waals surface area contributed by atoms with Crippen LogP contribution in [0.4, 0.5) is 0 Å². The molecular weight excluding hydrogens is 236 g/mol. The Morgan fingerprint density at radius 1 is 1.21 bits per heavy atom. The van der Waals surface area contributed by atoms with Crippen molar-refractivity contribution in [3.05, 3.63) is 0 Å². The molecule has 3 N–H and O–H groups in total. The van der Waals surface area contributed by atoms with Crippen LogP contribution in [0.3, 0.4) is 0 Å². The Morgan fingerprint density at radius 3 is 2.58 bits per heavy atom. The molecule has 3 aliphatic rings. The third-order valence-corrected chi connectivity index (χ3v) is 6.32. The van der Waals surface area contributed by atoms with Gasteiger partial charge in [0.25, 0.3) is 0 Å². The number of hydrogen-bond donors (Lipinski definition) is 2. The molecule has 0 aromatic carbocycles. The van der Waals surface area contributed by atoms with Gasteiger partial charge in [-0.05, 0) is 31.1 Å². The predicted molar refractivity (Wildman–Crippen MR) is 78.0 cm³/mol. The van der Waals surface area contributed by atoms with E-state index in [4.69, 9.17) is 10.5 Å². The van der Waals surface area contributed by atoms with Crippen molar-refractivity contribution in [2.75, 3.05) is 13.2 Å². The van der Waals surface area contributed by atoms with Crippen molar-refractivity contribution in [2.24, 2.45) is 22.5 Å². The van der Waals surface area contributed by atoms with Crippen LogP contribution in [0.1, 0.15) is 53.4 Å². The smallest absolute Gasteiger partial charge is 0.0691 e. The van der Waals surface area contributed by atoms with Crippen LogP contribution in [-0.2, 0) is 4.74 Å². The van der Waals surface area contributed by atoms with Gasteiger partial charge in [0.2, 0.25) is 0 Å². The first-order valence-electron chi connectivity index (χ1n) is 7.90. The van der Waals surface area contributed by atoms with Gasteiger partial charge < -0.3 is 15.8 Å². The average Bonchev–Trinajstić information content (AvgIpc) is 2.91. The zero-order valence-corrected chi connectivity index (χ0v) is 13.0. The first kappa shape index (κ1) is 13.8. The van der Waals surface area contributed by atoms with Crippen LogP contribution in [0.15, 0.2) is 0 Å². The normalized spacial score (nSPS) is 46.9. The van der Waals surface area contributed by atoms with Crippen molar-refractivity contribution in [2.45, 2.75) is 71.1 Å². The summed E-state index contributed by atoms with van der Waals surface area (Å²) in [5, 5.41) is 3.77. The summed E-state index contributed by atoms with van der Waals surface area (Å²) in [4.78, 5) is 0. The van der Waals surface area contributed by atoms with Crippen molar-refractivity contribution >= 4 is 0 Å². The SMILES string of the molecule is CC1(C)CCC(NCC2(N)C3CCOC3C2(C)C)C1. The van der Waals surface area contributed by atoms with Crippen LogP contribution in [0.5, 0.6) is 0 Å². The third kappa shape index (κ3) is 1.97. The molecule has 3 heteroatoms. The molecule has 0 amide bonds. The largest absolute Gasteiger partial charge is 0.377 e. The Morgan fingerprint density at radius 2 is 1.95 bits per heavy atom. The van der Waals surface area contributed by atoms with Crippen molar-refractivity contribution in [1.82, 2.24) is 5.32 Å². The Balaban J connectivity index is 1.61. The van der Waals surface area contributed by atoms with Gasteiger partial charge in [0.05, 0.1) is 6.10 Å². The molecule has 4 unspecified atom stereocenters. The van der Waals surface area contributed by atoms with Crippen LogP contribution in [-0.4, -0.2) is 30.8 Å². The van der Waals surface area contributed by atoms with Crippen LogP contribution in [0.2, 0.25) is 0 Å². The van der Waals surface area contributed by atoms with Crippen LogP contribution in [0, 0.1) is 16.7 Å². The van der Waals surface area contributed by atoms with Crippen LogP contribution < -0.4 is 11.1 Å². The molecule has 4 atom stereocenters. The summed E-state index contributed by atoms with van der Waals surface area (Å²) in [6.45, 7) is 11.2. The van der Waals surface area contributed by atoms with Crippen molar-refractivity contribution < 1.29 is 4.74 Å². The molecule has 19 heavy (non-hydrogen) atoms. The van der Waals surface area contributed by atoms with E-state index in [-0.39, 0.29) is 11.0 Å². The van der Waals surface area contributed by atoms with Gasteiger partial charge in [0.15, 0.2) is 0 Å². The molecule has 3 nitrogen and oxygen atoms in total. The third-order valence-electron chi connectivity index (χ3n) is 6.32. The zero-order chi connectivity index (χ0) is 13.9. The lowest BCUT2D eigenvalue weighted by atomic mass is 9.48. The first-order valence-corrected chi connectivity index (χ1v) is 7.90. The number of fused-ring (bicyclic) bond motifs is 1. The number of hydrogen-bond acceptors (Lipinski definition) is 3. The molecule has 1 saturated heterocycles. The van der Waals surface area contributed by atoms with Crippen molar-refractivity contribution in [1.29, 1.82) is 0 Å². The van der Waals surface area contributed by atoms with Gasteiger partial charge >= 0.3 is 0 Å². The molecule has 1 aliphatic heterocycles. The summed E-state index contributed by atoms with van der Waals surface area (Å²) in [6.07, 6.45) is 5.45. The van der Waals surface area contributed by atoms with Gasteiger partial charge in [0.1, 0.15) is 0 Å². The lowest BCUT2D eigenvalue weighted by Crippen LogP contribution is -2.78. The summed E-state index contributed by atoms with van der Waals surface area (Å²) >= 11 is 0. The fraction of sp³-hybridized carbons (Fsp3) is 1.00. The topological polar surface area (TPSA) is 47.3 Å². The standard InChI is InChI=1S/C16H30N2O/c1-14(2)7-5-11(9-14)18-10-16(17)12-6-8-19-13(12)15(16,3)4/h11-13,18H,5-10,17H2,1-4H3. The van der Waals surface area contributed by atoms with Gasteiger partial charge in [-0.25, -0.2) is 0 Å². The van der Waals surface area contributed by atoms with Crippen LogP contribution in [0.25, 0.3) is 0 Å². The first-order chi connectivity index (χ1) is 8.76. The maximum atomic E-state index is 6.77. The second kappa shape index (κ2) is 4.19. The molecule has 0 bridgehead atoms. The van der Waals surface area contributed by atoms with Crippen molar-refractivity contribution in [3.8, 4) is 0 Å². The maximum absolute atomic E-state index is 6.77. The highest BCUT2D eigenvalue weighted by molar-refractivity contribution is 5.21. The number of nitrogens with two attached hydrogens (primary N) is 1. The van der Waals surface area contributed by atoms with E-state index in [2.05, 4.69) is 33.0 Å². The molecule has 0 aromatic heterocycles. The lowest BCUT2D eigenvalue weighted by Gasteiger charge is -2.62. The van der Waals surface area contributed by atoms with Gasteiger partial charge in [-0.15, -0.1) is 0 Å². The molecule has 1 heterocycles. The molecular formula is C16H30N2O. The maximum Gasteiger partial charge on any atom is 0.0691 e. The summed E-state index contributed by atoms with van der Waals surface area (Å²) in [6, 6.07) is 0.660. The molecule has 110 valence electrons. The van der Waals surface area contributed by atoms with E-state index in [9.17, 15) is 0 Å². The molecule has 0 radical (unpaired) electrons. The Kier molecular flexibility index (Phi) is 3.05. The Bertz CT molecular complexity index is 366. The Hall–Kier alpha value is -0.120. The van der Waals surface area contributed by atoms with Crippen molar-refractivity contribution in [3.63, 3.8) is 0 Å². The molecule has 2 aliphatic carbocycles. The number of rotatable bonds is 3. The van der Waals surface area contributed by atoms with E-state index < -0.39 is 0 Å². The highest BCUT2D eigenvalue weighted by atomic mass is 16.5. The second-order valence-corrected chi connectivity index (χ2v) is 8.43. The minimum absolute atomic E-state index is 0.0824. The summed E-state index contributed by atoms with van der Waals surface area (Å²) in [5.41, 5.74) is 7.30. The van der Waals surface area contributed by atoms with E-state index in [1.165, 1.54) is 19.3 Å². The Labute approximate surface area is 117 Å². The fourth-order valence-electron chi connectivity index (χ4n) is 4.76. The molecule has 0 spiro atoms. The monoisotopic (exact) mass is 266 g/mol. The summed E-state index contributed by atoms with van der Waals surface area (Å²) in [7, 11) is 0. The minimum Gasteiger partial charge on any atom is -0.377 e. The van der Waals surface area contributed by atoms with E-state index in [0.717, 1.165) is 19.6 Å². The minimum atomic E-state index is -0.0824. The van der Waals surface area contributed by atoms with Gasteiger partial charge in [-0.2, -0.15) is 0 Å². The summed E-state index contributed by atoms with van der Waals surface area (Å²) < 4.78 is 5.86. The zero-order valence-electron chi connectivity index (χ0n) is 13.0. The van der Waals surface area contributed by atoms with Gasteiger partial charge in [-0.3, -0.25) is 0 Å². The fourth-order valence-corrected chi connectivity index (χ4v) is 4.76. The second-order valence-electron chi connectivity index (χ2n) is 8.43. The average molecular weight is 266 g/mol. The van der Waals surface area contributed by atoms with E-state index in [1.54, 1.807) is 0 Å². The number of ether oxygens (including phenoxy) is 1. The summed E-state index contributed by atoms with van der Waals surface area (Å²) in [5.74, 6) is 0.560.